The SMILES string of the molecule is O=C1OCc2cc3c(O[C@@H]4O[C@H](CO)[C@@H](O)[C@H](O)[C@H]4O)c(O)ccc3cc21. The van der Waals surface area contributed by atoms with E-state index in [-0.39, 0.29) is 18.1 Å². The van der Waals surface area contributed by atoms with Crippen LogP contribution < -0.4 is 4.74 Å². The van der Waals surface area contributed by atoms with Gasteiger partial charge in [-0.3, -0.25) is 0 Å². The fourth-order valence-corrected chi connectivity index (χ4v) is 3.31. The van der Waals surface area contributed by atoms with Crippen molar-refractivity contribution in [2.45, 2.75) is 37.3 Å². The van der Waals surface area contributed by atoms with E-state index in [1.165, 1.54) is 6.07 Å². The summed E-state index contributed by atoms with van der Waals surface area (Å²) in [5.41, 5.74) is 1.05. The van der Waals surface area contributed by atoms with Crippen molar-refractivity contribution in [3.63, 3.8) is 0 Å². The first-order valence-electron chi connectivity index (χ1n) is 8.33. The van der Waals surface area contributed by atoms with E-state index in [2.05, 4.69) is 0 Å². The number of esters is 1. The van der Waals surface area contributed by atoms with Crippen molar-refractivity contribution in [3.05, 3.63) is 35.4 Å². The average Bonchev–Trinajstić information content (AvgIpc) is 3.02. The normalized spacial score (nSPS) is 30.2. The molecule has 0 bridgehead atoms. The van der Waals surface area contributed by atoms with Crippen molar-refractivity contribution >= 4 is 16.7 Å². The zero-order valence-electron chi connectivity index (χ0n) is 14.0. The highest BCUT2D eigenvalue weighted by molar-refractivity contribution is 6.01. The van der Waals surface area contributed by atoms with Crippen molar-refractivity contribution in [2.75, 3.05) is 6.61 Å². The lowest BCUT2D eigenvalue weighted by Gasteiger charge is -2.39. The molecule has 2 heterocycles. The summed E-state index contributed by atoms with van der Waals surface area (Å²) in [6.07, 6.45) is -7.31. The molecule has 5 atom stereocenters. The second-order valence-electron chi connectivity index (χ2n) is 6.54. The Hall–Kier alpha value is -2.43. The van der Waals surface area contributed by atoms with E-state index in [9.17, 15) is 30.3 Å². The van der Waals surface area contributed by atoms with Crippen LogP contribution in [-0.2, 0) is 16.1 Å². The number of carbonyl (C=O) groups is 1. The number of aliphatic hydroxyl groups excluding tert-OH is 4. The highest BCUT2D eigenvalue weighted by Gasteiger charge is 2.45. The van der Waals surface area contributed by atoms with Crippen LogP contribution in [0.15, 0.2) is 24.3 Å². The first-order valence-corrected chi connectivity index (χ1v) is 8.33. The molecule has 27 heavy (non-hydrogen) atoms. The molecule has 2 aliphatic rings. The fraction of sp³-hybridized carbons (Fsp3) is 0.389. The predicted molar refractivity (Wildman–Crippen MR) is 89.1 cm³/mol. The maximum absolute atomic E-state index is 11.7. The molecule has 0 saturated carbocycles. The monoisotopic (exact) mass is 378 g/mol. The molecule has 5 N–H and O–H groups in total. The number of carbonyl (C=O) groups excluding carboxylic acids is 1. The Kier molecular flexibility index (Phi) is 4.41. The summed E-state index contributed by atoms with van der Waals surface area (Å²) in [5, 5.41) is 50.5. The van der Waals surface area contributed by atoms with Crippen molar-refractivity contribution in [2.24, 2.45) is 0 Å². The first kappa shape index (κ1) is 18.0. The number of phenols is 1. The van der Waals surface area contributed by atoms with Gasteiger partial charge in [-0.2, -0.15) is 0 Å². The van der Waals surface area contributed by atoms with Crippen LogP contribution in [0.3, 0.4) is 0 Å². The Morgan fingerprint density at radius 2 is 1.89 bits per heavy atom. The summed E-state index contributed by atoms with van der Waals surface area (Å²) >= 11 is 0. The molecular weight excluding hydrogens is 360 g/mol. The van der Waals surface area contributed by atoms with Gasteiger partial charge in [-0.05, 0) is 23.6 Å². The van der Waals surface area contributed by atoms with Crippen LogP contribution in [0.25, 0.3) is 10.8 Å². The van der Waals surface area contributed by atoms with E-state index in [4.69, 9.17) is 14.2 Å². The van der Waals surface area contributed by atoms with Crippen molar-refractivity contribution in [3.8, 4) is 11.5 Å². The third-order valence-corrected chi connectivity index (χ3v) is 4.83. The van der Waals surface area contributed by atoms with Gasteiger partial charge in [0.1, 0.15) is 31.0 Å². The van der Waals surface area contributed by atoms with Crippen LogP contribution in [0, 0.1) is 0 Å². The Bertz CT molecular complexity index is 894. The summed E-state index contributed by atoms with van der Waals surface area (Å²) < 4.78 is 15.9. The predicted octanol–water partition coefficient (Wildman–Crippen LogP) is -0.606. The molecule has 2 aromatic carbocycles. The Morgan fingerprint density at radius 3 is 2.63 bits per heavy atom. The maximum atomic E-state index is 11.7. The lowest BCUT2D eigenvalue weighted by atomic mass is 9.99. The highest BCUT2D eigenvalue weighted by atomic mass is 16.7. The average molecular weight is 378 g/mol. The number of rotatable bonds is 3. The minimum absolute atomic E-state index is 0.0287. The number of hydrogen-bond acceptors (Lipinski definition) is 9. The van der Waals surface area contributed by atoms with Crippen LogP contribution in [-0.4, -0.2) is 68.8 Å². The van der Waals surface area contributed by atoms with Crippen LogP contribution >= 0.6 is 0 Å². The third-order valence-electron chi connectivity index (χ3n) is 4.83. The minimum Gasteiger partial charge on any atom is -0.504 e. The molecule has 0 radical (unpaired) electrons. The number of ether oxygens (including phenoxy) is 3. The van der Waals surface area contributed by atoms with E-state index < -0.39 is 43.3 Å². The number of benzene rings is 2. The molecule has 0 aromatic heterocycles. The van der Waals surface area contributed by atoms with Gasteiger partial charge in [-0.1, -0.05) is 6.07 Å². The molecule has 2 aliphatic heterocycles. The smallest absolute Gasteiger partial charge is 0.338 e. The van der Waals surface area contributed by atoms with Crippen LogP contribution in [0.5, 0.6) is 11.5 Å². The van der Waals surface area contributed by atoms with E-state index in [0.717, 1.165) is 0 Å². The topological polar surface area (TPSA) is 146 Å². The molecule has 4 rings (SSSR count). The van der Waals surface area contributed by atoms with Crippen LogP contribution in [0.2, 0.25) is 0 Å². The minimum atomic E-state index is -1.61. The van der Waals surface area contributed by atoms with Gasteiger partial charge in [-0.15, -0.1) is 0 Å². The highest BCUT2D eigenvalue weighted by Crippen LogP contribution is 2.39. The molecule has 2 aromatic rings. The summed E-state index contributed by atoms with van der Waals surface area (Å²) in [5.74, 6) is -0.708. The van der Waals surface area contributed by atoms with Gasteiger partial charge in [0, 0.05) is 10.9 Å². The standard InChI is InChI=1S/C18H18O9/c19-5-12-13(21)14(22)15(23)18(26-12)27-16-9-4-8-6-25-17(24)10(8)3-7(9)1-2-11(16)20/h1-4,12-15,18-23H,5-6H2/t12-,13-,14+,15-,18+/m1/s1. The van der Waals surface area contributed by atoms with Gasteiger partial charge in [0.2, 0.25) is 6.29 Å². The van der Waals surface area contributed by atoms with E-state index in [0.29, 0.717) is 21.9 Å². The Balaban J connectivity index is 1.73. The lowest BCUT2D eigenvalue weighted by Crippen LogP contribution is -2.60. The van der Waals surface area contributed by atoms with Crippen LogP contribution in [0.4, 0.5) is 0 Å². The quantitative estimate of drug-likeness (QED) is 0.442. The van der Waals surface area contributed by atoms with E-state index in [1.807, 2.05) is 0 Å². The number of fused-ring (bicyclic) bond motifs is 2. The molecule has 1 fully saturated rings. The summed E-state index contributed by atoms with van der Waals surface area (Å²) in [6, 6.07) is 6.19. The summed E-state index contributed by atoms with van der Waals surface area (Å²) in [6.45, 7) is -0.501. The molecule has 9 nitrogen and oxygen atoms in total. The second-order valence-corrected chi connectivity index (χ2v) is 6.54. The zero-order valence-corrected chi connectivity index (χ0v) is 14.0. The van der Waals surface area contributed by atoms with Gasteiger partial charge in [0.15, 0.2) is 11.5 Å². The molecule has 144 valence electrons. The lowest BCUT2D eigenvalue weighted by molar-refractivity contribution is -0.277. The third kappa shape index (κ3) is 2.89. The number of aliphatic hydroxyl groups is 4. The van der Waals surface area contributed by atoms with Gasteiger partial charge >= 0.3 is 5.97 Å². The number of hydrogen-bond donors (Lipinski definition) is 5. The van der Waals surface area contributed by atoms with Gasteiger partial charge in [0.25, 0.3) is 0 Å². The van der Waals surface area contributed by atoms with E-state index in [1.54, 1.807) is 18.2 Å². The van der Waals surface area contributed by atoms with E-state index >= 15 is 0 Å². The zero-order chi connectivity index (χ0) is 19.3. The first-order chi connectivity index (χ1) is 12.9. The van der Waals surface area contributed by atoms with Crippen molar-refractivity contribution in [1.82, 2.24) is 0 Å². The molecule has 9 heteroatoms. The number of cyclic esters (lactones) is 1. The molecule has 1 saturated heterocycles. The van der Waals surface area contributed by atoms with Crippen molar-refractivity contribution < 1.29 is 44.5 Å². The molecule has 0 amide bonds. The summed E-state index contributed by atoms with van der Waals surface area (Å²) in [7, 11) is 0. The van der Waals surface area contributed by atoms with Gasteiger partial charge in [-0.25, -0.2) is 4.79 Å². The fourth-order valence-electron chi connectivity index (χ4n) is 3.31. The molecule has 0 aliphatic carbocycles. The maximum Gasteiger partial charge on any atom is 0.338 e. The van der Waals surface area contributed by atoms with Gasteiger partial charge < -0.3 is 39.7 Å². The molecule has 0 spiro atoms. The Labute approximate surface area is 152 Å². The Morgan fingerprint density at radius 1 is 1.11 bits per heavy atom. The molecular formula is C18H18O9. The number of aromatic hydroxyl groups is 1. The van der Waals surface area contributed by atoms with Gasteiger partial charge in [0.05, 0.1) is 12.2 Å². The second kappa shape index (κ2) is 6.63. The largest absolute Gasteiger partial charge is 0.504 e. The number of phenolic OH excluding ortho intramolecular Hbond substituents is 1. The van der Waals surface area contributed by atoms with Crippen molar-refractivity contribution in [1.29, 1.82) is 0 Å². The molecule has 0 unspecified atom stereocenters. The summed E-state index contributed by atoms with van der Waals surface area (Å²) in [4.78, 5) is 11.7. The van der Waals surface area contributed by atoms with Crippen LogP contribution in [0.1, 0.15) is 15.9 Å².